The minimum atomic E-state index is -1.20. The van der Waals surface area contributed by atoms with Gasteiger partial charge in [-0.1, -0.05) is 45.9 Å². The molecule has 2 saturated heterocycles. The average molecular weight is 950 g/mol. The zero-order chi connectivity index (χ0) is 48.8. The van der Waals surface area contributed by atoms with Crippen molar-refractivity contribution in [2.75, 3.05) is 34.4 Å². The number of carbonyl (C=O) groups is 1. The molecule has 17 nitrogen and oxygen atoms in total. The topological polar surface area (TPSA) is 208 Å². The second-order valence-corrected chi connectivity index (χ2v) is 19.1. The molecule has 0 saturated carbocycles. The van der Waals surface area contributed by atoms with Crippen LogP contribution in [0.2, 0.25) is 0 Å². The van der Waals surface area contributed by atoms with Gasteiger partial charge in [0, 0.05) is 54.3 Å². The van der Waals surface area contributed by atoms with E-state index in [4.69, 9.17) is 28.9 Å². The van der Waals surface area contributed by atoms with Crippen molar-refractivity contribution in [2.45, 2.75) is 109 Å². The summed E-state index contributed by atoms with van der Waals surface area (Å²) in [5, 5.41) is 40.0. The number of alkyl halides is 1. The maximum atomic E-state index is 15.1. The minimum Gasteiger partial charge on any atom is -0.497 e. The van der Waals surface area contributed by atoms with Gasteiger partial charge < -0.3 is 54.1 Å². The number of amides is 1. The van der Waals surface area contributed by atoms with E-state index in [-0.39, 0.29) is 30.8 Å². The highest BCUT2D eigenvalue weighted by molar-refractivity contribution is 5.93. The molecule has 69 heavy (non-hydrogen) atoms. The normalized spacial score (nSPS) is 21.8. The number of hydrogen-bond donors (Lipinski definition) is 7. The molecule has 6 heterocycles. The van der Waals surface area contributed by atoms with Crippen molar-refractivity contribution in [1.82, 2.24) is 44.9 Å². The molecule has 2 fully saturated rings. The number of halogens is 1. The summed E-state index contributed by atoms with van der Waals surface area (Å²) in [6.07, 6.45) is -0.298. The van der Waals surface area contributed by atoms with E-state index in [1.54, 1.807) is 18.2 Å². The van der Waals surface area contributed by atoms with Crippen LogP contribution in [0.15, 0.2) is 73.1 Å². The zero-order valence-corrected chi connectivity index (χ0v) is 40.3. The molecule has 9 atom stereocenters. The number of aryl methyl sites for hydroxylation is 1. The summed E-state index contributed by atoms with van der Waals surface area (Å²) in [7, 11) is 4.32. The Morgan fingerprint density at radius 1 is 0.870 bits per heavy atom. The molecule has 3 aliphatic rings. The lowest BCUT2D eigenvalue weighted by molar-refractivity contribution is -0.132. The number of H-pyrrole nitrogens is 2. The monoisotopic (exact) mass is 949 g/mol. The van der Waals surface area contributed by atoms with Crippen molar-refractivity contribution in [3.05, 3.63) is 95.8 Å². The third-order valence-corrected chi connectivity index (χ3v) is 14.1. The first-order valence-corrected chi connectivity index (χ1v) is 23.7. The van der Waals surface area contributed by atoms with Gasteiger partial charge >= 0.3 is 6.09 Å². The minimum absolute atomic E-state index is 0.00905. The van der Waals surface area contributed by atoms with Gasteiger partial charge in [-0.3, -0.25) is 15.1 Å². The lowest BCUT2D eigenvalue weighted by Crippen LogP contribution is -2.55. The number of imidazole rings is 2. The van der Waals surface area contributed by atoms with E-state index in [2.05, 4.69) is 62.4 Å². The van der Waals surface area contributed by atoms with E-state index in [0.717, 1.165) is 74.5 Å². The highest BCUT2D eigenvalue weighted by Crippen LogP contribution is 2.48. The maximum absolute atomic E-state index is 15.1. The van der Waals surface area contributed by atoms with E-state index in [1.807, 2.05) is 69.1 Å². The van der Waals surface area contributed by atoms with Crippen LogP contribution in [0, 0.1) is 18.8 Å². The Balaban J connectivity index is 1.04. The van der Waals surface area contributed by atoms with Crippen molar-refractivity contribution < 1.29 is 43.5 Å². The Morgan fingerprint density at radius 2 is 1.58 bits per heavy atom. The molecule has 3 aromatic heterocycles. The van der Waals surface area contributed by atoms with Crippen LogP contribution in [0.5, 0.6) is 11.5 Å². The number of nitrogens with zero attached hydrogens (tertiary/aromatic N) is 5. The zero-order valence-electron chi connectivity index (χ0n) is 40.3. The number of nitrogens with one attached hydrogen (secondary N) is 4. The third kappa shape index (κ3) is 9.34. The SMILES string of the molecule is COC(=O)NC(C(C)C)C(O)N1CC(F)CC1c1ncc(-c2ccc3c(c2)cc2n3C(c3cccc(OC)c3)Oc3cc(-c4cnc(C5CCCN5C(O)C(NC(O)OC)C(C)C)[nH]4)cc(C)c3-2)[nH]1. The predicted molar refractivity (Wildman–Crippen MR) is 258 cm³/mol. The Bertz CT molecular complexity index is 2770. The summed E-state index contributed by atoms with van der Waals surface area (Å²) in [5.41, 5.74) is 8.11. The van der Waals surface area contributed by atoms with Gasteiger partial charge in [0.25, 0.3) is 0 Å². The summed E-state index contributed by atoms with van der Waals surface area (Å²) in [5.74, 6) is 2.53. The van der Waals surface area contributed by atoms with Gasteiger partial charge in [0.2, 0.25) is 12.6 Å². The fourth-order valence-electron chi connectivity index (χ4n) is 10.5. The molecule has 9 rings (SSSR count). The molecule has 0 aliphatic carbocycles. The fourth-order valence-corrected chi connectivity index (χ4v) is 10.5. The molecule has 1 amide bonds. The third-order valence-electron chi connectivity index (χ3n) is 14.1. The Hall–Kier alpha value is -5.86. The molecular weight excluding hydrogens is 886 g/mol. The number of aromatic nitrogens is 5. The molecule has 9 unspecified atom stereocenters. The lowest BCUT2D eigenvalue weighted by Gasteiger charge is -2.37. The highest BCUT2D eigenvalue weighted by Gasteiger charge is 2.43. The molecule has 3 aromatic carbocycles. The van der Waals surface area contributed by atoms with E-state index in [0.29, 0.717) is 23.9 Å². The number of likely N-dealkylation sites (tertiary alicyclic amines) is 2. The number of carbonyl (C=O) groups excluding carboxylic acids is 1. The van der Waals surface area contributed by atoms with Crippen molar-refractivity contribution >= 4 is 17.0 Å². The smallest absolute Gasteiger partial charge is 0.407 e. The molecule has 6 aromatic rings. The number of benzene rings is 3. The second-order valence-electron chi connectivity index (χ2n) is 19.1. The predicted octanol–water partition coefficient (Wildman–Crippen LogP) is 7.12. The largest absolute Gasteiger partial charge is 0.497 e. The average Bonchev–Trinajstić information content (AvgIpc) is 4.21. The number of aliphatic hydroxyl groups excluding tert-OH is 3. The molecule has 0 radical (unpaired) electrons. The first-order chi connectivity index (χ1) is 33.2. The second kappa shape index (κ2) is 19.9. The highest BCUT2D eigenvalue weighted by atomic mass is 19.1. The van der Waals surface area contributed by atoms with Crippen LogP contribution < -0.4 is 20.1 Å². The van der Waals surface area contributed by atoms with Crippen molar-refractivity contribution in [3.63, 3.8) is 0 Å². The molecular formula is C51H64FN9O8. The van der Waals surface area contributed by atoms with E-state index < -0.39 is 55.5 Å². The first kappa shape index (κ1) is 48.2. The maximum Gasteiger partial charge on any atom is 0.407 e. The van der Waals surface area contributed by atoms with Gasteiger partial charge in [0.05, 0.1) is 73.4 Å². The van der Waals surface area contributed by atoms with Crippen LogP contribution in [0.3, 0.4) is 0 Å². The number of alkyl carbamates (subject to hydrolysis) is 1. The number of hydrogen-bond acceptors (Lipinski definition) is 13. The Kier molecular flexibility index (Phi) is 13.9. The van der Waals surface area contributed by atoms with Crippen LogP contribution in [-0.4, -0.2) is 127 Å². The Morgan fingerprint density at radius 3 is 2.28 bits per heavy atom. The van der Waals surface area contributed by atoms with Crippen LogP contribution >= 0.6 is 0 Å². The first-order valence-electron chi connectivity index (χ1n) is 23.7. The van der Waals surface area contributed by atoms with Gasteiger partial charge in [-0.15, -0.1) is 0 Å². The molecule has 3 aliphatic heterocycles. The van der Waals surface area contributed by atoms with Crippen LogP contribution in [0.1, 0.15) is 88.0 Å². The quantitative estimate of drug-likeness (QED) is 0.0483. The number of aliphatic hydroxyl groups is 3. The van der Waals surface area contributed by atoms with Crippen molar-refractivity contribution in [2.24, 2.45) is 11.8 Å². The molecule has 18 heteroatoms. The number of ether oxygens (including phenoxy) is 4. The summed E-state index contributed by atoms with van der Waals surface area (Å²) in [6, 6.07) is 18.6. The van der Waals surface area contributed by atoms with Crippen molar-refractivity contribution in [3.8, 4) is 45.3 Å². The standard InChI is InChI=1S/C51H64FN9O8/c1-26(2)43(57-50(64)67-7)47(62)59-16-10-13-38(59)45-53-24-36(56-45)31-17-28(5)42-39-20-32-18-29(14-15-37(32)61(39)49(69-41(42)21-31)30-11-9-12-34(19-30)66-6)35-23-54-46(55-35)40-22-33(52)25-60(40)48(63)44(27(3)4)58-51(65)68-8/h9,11-12,14-15,17-21,23-24,26-27,33,38,40,43-44,47-50,57,62-64H,10,13,16,22,25H2,1-8H3,(H,53,56)(H,54,55)(H,58,65). The number of fused-ring (bicyclic) bond motifs is 5. The summed E-state index contributed by atoms with van der Waals surface area (Å²) < 4.78 is 39.9. The van der Waals surface area contributed by atoms with E-state index in [9.17, 15) is 20.1 Å². The molecule has 0 spiro atoms. The van der Waals surface area contributed by atoms with E-state index >= 15 is 4.39 Å². The van der Waals surface area contributed by atoms with Gasteiger partial charge in [0.1, 0.15) is 41.8 Å². The fraction of sp³-hybridized carbons (Fsp3) is 0.471. The van der Waals surface area contributed by atoms with Gasteiger partial charge in [-0.2, -0.15) is 0 Å². The van der Waals surface area contributed by atoms with Crippen LogP contribution in [-0.2, 0) is 9.47 Å². The van der Waals surface area contributed by atoms with Crippen LogP contribution in [0.25, 0.3) is 44.7 Å². The molecule has 7 N–H and O–H groups in total. The molecule has 368 valence electrons. The Labute approximate surface area is 401 Å². The van der Waals surface area contributed by atoms with Gasteiger partial charge in [-0.25, -0.2) is 19.2 Å². The summed E-state index contributed by atoms with van der Waals surface area (Å²) >= 11 is 0. The molecule has 0 bridgehead atoms. The lowest BCUT2D eigenvalue weighted by atomic mass is 9.98. The van der Waals surface area contributed by atoms with Crippen LogP contribution in [0.4, 0.5) is 9.18 Å². The number of methoxy groups -OCH3 is 3. The van der Waals surface area contributed by atoms with Crippen molar-refractivity contribution in [1.29, 1.82) is 0 Å². The van der Waals surface area contributed by atoms with E-state index in [1.165, 1.54) is 14.2 Å². The summed E-state index contributed by atoms with van der Waals surface area (Å²) in [6.45, 7) is 10.5. The number of rotatable bonds is 16. The summed E-state index contributed by atoms with van der Waals surface area (Å²) in [4.78, 5) is 32.4. The number of aromatic amines is 2. The van der Waals surface area contributed by atoms with Gasteiger partial charge in [0.15, 0.2) is 0 Å². The van der Waals surface area contributed by atoms with Gasteiger partial charge in [-0.05, 0) is 79.6 Å².